The standard InChI is InChI=1S/C18H27NO4/c1-13-16(18(21)22)11-15(23-13)12-19(2)17(20)10-6-9-14-7-4-3-5-8-14/h11,14H,3-10,12H2,1-2H3,(H,21,22). The van der Waals surface area contributed by atoms with E-state index in [4.69, 9.17) is 9.52 Å². The van der Waals surface area contributed by atoms with Crippen molar-refractivity contribution in [1.29, 1.82) is 0 Å². The molecule has 0 saturated heterocycles. The summed E-state index contributed by atoms with van der Waals surface area (Å²) in [5.74, 6) is 0.784. The molecule has 0 unspecified atom stereocenters. The minimum atomic E-state index is -1.00. The van der Waals surface area contributed by atoms with E-state index in [1.807, 2.05) is 0 Å². The van der Waals surface area contributed by atoms with E-state index in [1.54, 1.807) is 18.9 Å². The topological polar surface area (TPSA) is 70.8 Å². The number of aromatic carboxylic acids is 1. The molecule has 1 fully saturated rings. The lowest BCUT2D eigenvalue weighted by atomic mass is 9.86. The molecule has 1 aliphatic carbocycles. The first-order chi connectivity index (χ1) is 11.0. The lowest BCUT2D eigenvalue weighted by Gasteiger charge is -2.22. The molecular formula is C18H27NO4. The molecule has 5 heteroatoms. The SMILES string of the molecule is Cc1oc(CN(C)C(=O)CCCC2CCCCC2)cc1C(=O)O. The molecule has 0 aliphatic heterocycles. The summed E-state index contributed by atoms with van der Waals surface area (Å²) in [5.41, 5.74) is 0.165. The number of hydrogen-bond donors (Lipinski definition) is 1. The van der Waals surface area contributed by atoms with E-state index >= 15 is 0 Å². The zero-order valence-corrected chi connectivity index (χ0v) is 14.1. The van der Waals surface area contributed by atoms with Crippen molar-refractivity contribution in [2.75, 3.05) is 7.05 Å². The Morgan fingerprint density at radius 2 is 2.00 bits per heavy atom. The van der Waals surface area contributed by atoms with Gasteiger partial charge in [-0.15, -0.1) is 0 Å². The van der Waals surface area contributed by atoms with Gasteiger partial charge < -0.3 is 14.4 Å². The molecule has 5 nitrogen and oxygen atoms in total. The Bertz CT molecular complexity index is 543. The smallest absolute Gasteiger partial charge is 0.339 e. The number of hydrogen-bond acceptors (Lipinski definition) is 3. The third kappa shape index (κ3) is 5.12. The van der Waals surface area contributed by atoms with Crippen molar-refractivity contribution in [3.8, 4) is 0 Å². The summed E-state index contributed by atoms with van der Waals surface area (Å²) in [6, 6.07) is 1.50. The predicted octanol–water partition coefficient (Wildman–Crippen LogP) is 4.00. The highest BCUT2D eigenvalue weighted by atomic mass is 16.4. The number of furan rings is 1. The van der Waals surface area contributed by atoms with Gasteiger partial charge >= 0.3 is 5.97 Å². The molecule has 1 amide bonds. The average molecular weight is 321 g/mol. The van der Waals surface area contributed by atoms with Crippen LogP contribution in [0.5, 0.6) is 0 Å². The molecule has 1 N–H and O–H groups in total. The number of carbonyl (C=O) groups excluding carboxylic acids is 1. The second-order valence-corrected chi connectivity index (χ2v) is 6.63. The minimum absolute atomic E-state index is 0.0896. The van der Waals surface area contributed by atoms with Gasteiger partial charge in [-0.1, -0.05) is 32.1 Å². The van der Waals surface area contributed by atoms with Gasteiger partial charge in [0.1, 0.15) is 17.1 Å². The number of carboxylic acids is 1. The van der Waals surface area contributed by atoms with Crippen molar-refractivity contribution in [3.05, 3.63) is 23.2 Å². The Morgan fingerprint density at radius 1 is 1.30 bits per heavy atom. The molecule has 23 heavy (non-hydrogen) atoms. The Balaban J connectivity index is 1.76. The van der Waals surface area contributed by atoms with Crippen molar-refractivity contribution in [1.82, 2.24) is 4.90 Å². The molecule has 128 valence electrons. The lowest BCUT2D eigenvalue weighted by Crippen LogP contribution is -2.25. The average Bonchev–Trinajstić information content (AvgIpc) is 2.89. The van der Waals surface area contributed by atoms with Crippen molar-refractivity contribution >= 4 is 11.9 Å². The molecule has 1 aromatic heterocycles. The van der Waals surface area contributed by atoms with Crippen LogP contribution in [-0.4, -0.2) is 28.9 Å². The van der Waals surface area contributed by atoms with Gasteiger partial charge in [-0.05, 0) is 31.7 Å². The van der Waals surface area contributed by atoms with Crippen LogP contribution in [0.4, 0.5) is 0 Å². The second kappa shape index (κ2) is 8.18. The highest BCUT2D eigenvalue weighted by Gasteiger charge is 2.18. The molecule has 2 rings (SSSR count). The molecule has 1 heterocycles. The highest BCUT2D eigenvalue weighted by molar-refractivity contribution is 5.88. The Morgan fingerprint density at radius 3 is 2.61 bits per heavy atom. The van der Waals surface area contributed by atoms with Crippen LogP contribution in [0.3, 0.4) is 0 Å². The minimum Gasteiger partial charge on any atom is -0.478 e. The highest BCUT2D eigenvalue weighted by Crippen LogP contribution is 2.27. The first-order valence-corrected chi connectivity index (χ1v) is 8.54. The fourth-order valence-electron chi connectivity index (χ4n) is 3.36. The maximum Gasteiger partial charge on any atom is 0.339 e. The number of aryl methyl sites for hydroxylation is 1. The van der Waals surface area contributed by atoms with Gasteiger partial charge in [-0.25, -0.2) is 4.79 Å². The zero-order valence-electron chi connectivity index (χ0n) is 14.1. The maximum absolute atomic E-state index is 12.2. The van der Waals surface area contributed by atoms with E-state index < -0.39 is 5.97 Å². The van der Waals surface area contributed by atoms with Gasteiger partial charge in [0.15, 0.2) is 0 Å². The van der Waals surface area contributed by atoms with E-state index in [1.165, 1.54) is 38.2 Å². The fourth-order valence-corrected chi connectivity index (χ4v) is 3.36. The predicted molar refractivity (Wildman–Crippen MR) is 87.3 cm³/mol. The van der Waals surface area contributed by atoms with Crippen molar-refractivity contribution in [3.63, 3.8) is 0 Å². The van der Waals surface area contributed by atoms with Crippen LogP contribution >= 0.6 is 0 Å². The van der Waals surface area contributed by atoms with Gasteiger partial charge in [-0.3, -0.25) is 4.79 Å². The molecule has 0 spiro atoms. The van der Waals surface area contributed by atoms with Gasteiger partial charge in [0.05, 0.1) is 6.54 Å². The van der Waals surface area contributed by atoms with E-state index in [0.29, 0.717) is 24.5 Å². The van der Waals surface area contributed by atoms with E-state index in [-0.39, 0.29) is 11.5 Å². The number of carboxylic acid groups (broad SMARTS) is 1. The van der Waals surface area contributed by atoms with Crippen LogP contribution in [-0.2, 0) is 11.3 Å². The normalized spacial score (nSPS) is 15.6. The van der Waals surface area contributed by atoms with Crippen LogP contribution < -0.4 is 0 Å². The van der Waals surface area contributed by atoms with Crippen molar-refractivity contribution in [2.45, 2.75) is 64.8 Å². The summed E-state index contributed by atoms with van der Waals surface area (Å²) in [6.45, 7) is 1.94. The second-order valence-electron chi connectivity index (χ2n) is 6.63. The van der Waals surface area contributed by atoms with Gasteiger partial charge in [-0.2, -0.15) is 0 Å². The fraction of sp³-hybridized carbons (Fsp3) is 0.667. The van der Waals surface area contributed by atoms with E-state index in [0.717, 1.165) is 18.8 Å². The van der Waals surface area contributed by atoms with Crippen LogP contribution in [0, 0.1) is 12.8 Å². The van der Waals surface area contributed by atoms with Crippen LogP contribution in [0.2, 0.25) is 0 Å². The molecule has 1 aromatic rings. The number of nitrogens with zero attached hydrogens (tertiary/aromatic N) is 1. The van der Waals surface area contributed by atoms with Crippen LogP contribution in [0.1, 0.15) is 73.2 Å². The third-order valence-electron chi connectivity index (χ3n) is 4.75. The summed E-state index contributed by atoms with van der Waals surface area (Å²) in [6.07, 6.45) is 9.29. The first-order valence-electron chi connectivity index (χ1n) is 8.54. The number of amides is 1. The first kappa shape index (κ1) is 17.6. The molecule has 1 aliphatic rings. The molecule has 1 saturated carbocycles. The Hall–Kier alpha value is -1.78. The number of carbonyl (C=O) groups is 2. The van der Waals surface area contributed by atoms with Crippen LogP contribution in [0.25, 0.3) is 0 Å². The monoisotopic (exact) mass is 321 g/mol. The molecular weight excluding hydrogens is 294 g/mol. The molecule has 0 aromatic carbocycles. The summed E-state index contributed by atoms with van der Waals surface area (Å²) in [5, 5.41) is 9.02. The maximum atomic E-state index is 12.2. The number of rotatable bonds is 7. The molecule has 0 radical (unpaired) electrons. The summed E-state index contributed by atoms with van der Waals surface area (Å²) >= 11 is 0. The lowest BCUT2D eigenvalue weighted by molar-refractivity contribution is -0.130. The van der Waals surface area contributed by atoms with E-state index in [9.17, 15) is 9.59 Å². The summed E-state index contributed by atoms with van der Waals surface area (Å²) in [4.78, 5) is 24.8. The molecule has 0 bridgehead atoms. The largest absolute Gasteiger partial charge is 0.478 e. The summed E-state index contributed by atoms with van der Waals surface area (Å²) in [7, 11) is 1.74. The Labute approximate surface area is 137 Å². The quantitative estimate of drug-likeness (QED) is 0.824. The third-order valence-corrected chi connectivity index (χ3v) is 4.75. The van der Waals surface area contributed by atoms with Gasteiger partial charge in [0.25, 0.3) is 0 Å². The summed E-state index contributed by atoms with van der Waals surface area (Å²) < 4.78 is 5.42. The van der Waals surface area contributed by atoms with Crippen molar-refractivity contribution in [2.24, 2.45) is 5.92 Å². The van der Waals surface area contributed by atoms with E-state index in [2.05, 4.69) is 0 Å². The Kier molecular flexibility index (Phi) is 6.25. The van der Waals surface area contributed by atoms with Gasteiger partial charge in [0, 0.05) is 13.5 Å². The van der Waals surface area contributed by atoms with Crippen LogP contribution in [0.15, 0.2) is 10.5 Å². The van der Waals surface area contributed by atoms with Crippen molar-refractivity contribution < 1.29 is 19.1 Å². The molecule has 0 atom stereocenters. The van der Waals surface area contributed by atoms with Gasteiger partial charge in [0.2, 0.25) is 5.91 Å². The zero-order chi connectivity index (χ0) is 16.8.